The first-order valence-electron chi connectivity index (χ1n) is 25.0. The molecule has 2 atom stereocenters. The summed E-state index contributed by atoms with van der Waals surface area (Å²) in [4.78, 5) is 23.0. The van der Waals surface area contributed by atoms with Crippen LogP contribution in [0.2, 0.25) is 0 Å². The van der Waals surface area contributed by atoms with Crippen LogP contribution in [-0.2, 0) is 27.9 Å². The topological polar surface area (TPSA) is 91.3 Å². The summed E-state index contributed by atoms with van der Waals surface area (Å²) in [7, 11) is 1.62. The Balaban J connectivity index is 4.29. The summed E-state index contributed by atoms with van der Waals surface area (Å²) in [6, 6.07) is 0. The molecule has 0 aromatic rings. The second kappa shape index (κ2) is 46.0. The van der Waals surface area contributed by atoms with Gasteiger partial charge in [-0.05, 0) is 96.3 Å². The van der Waals surface area contributed by atoms with E-state index in [1.54, 1.807) is 0 Å². The normalized spacial score (nSPS) is 14.4. The molecular formula is C54H95NO7P+. The second-order valence-corrected chi connectivity index (χ2v) is 18.9. The van der Waals surface area contributed by atoms with Gasteiger partial charge in [0.05, 0.1) is 34.4 Å². The number of phosphoric ester groups is 1. The van der Waals surface area contributed by atoms with Crippen LogP contribution in [0.15, 0.2) is 97.2 Å². The van der Waals surface area contributed by atoms with Crippen molar-refractivity contribution >= 4 is 13.8 Å². The van der Waals surface area contributed by atoms with E-state index >= 15 is 0 Å². The summed E-state index contributed by atoms with van der Waals surface area (Å²) in [5.41, 5.74) is 0. The molecule has 8 nitrogen and oxygen atoms in total. The van der Waals surface area contributed by atoms with E-state index in [9.17, 15) is 14.3 Å². The van der Waals surface area contributed by atoms with Gasteiger partial charge >= 0.3 is 13.8 Å². The monoisotopic (exact) mass is 901 g/mol. The Bertz CT molecular complexity index is 1320. The Morgan fingerprint density at radius 3 is 1.40 bits per heavy atom. The van der Waals surface area contributed by atoms with E-state index in [0.29, 0.717) is 24.1 Å². The molecule has 0 aliphatic carbocycles. The van der Waals surface area contributed by atoms with Crippen LogP contribution in [0.1, 0.15) is 181 Å². The lowest BCUT2D eigenvalue weighted by molar-refractivity contribution is -0.870. The summed E-state index contributed by atoms with van der Waals surface area (Å²) in [5.74, 6) is -0.337. The van der Waals surface area contributed by atoms with Crippen LogP contribution in [0.5, 0.6) is 0 Å². The molecule has 0 aromatic carbocycles. The number of allylic oxidation sites excluding steroid dienone is 16. The van der Waals surface area contributed by atoms with Gasteiger partial charge in [0.25, 0.3) is 0 Å². The molecule has 0 aliphatic rings. The van der Waals surface area contributed by atoms with Crippen molar-refractivity contribution in [2.24, 2.45) is 0 Å². The predicted octanol–water partition coefficient (Wildman–Crippen LogP) is 15.4. The predicted molar refractivity (Wildman–Crippen MR) is 270 cm³/mol. The number of nitrogens with zero attached hydrogens (tertiary/aromatic N) is 1. The Labute approximate surface area is 387 Å². The Morgan fingerprint density at radius 2 is 0.921 bits per heavy atom. The molecule has 9 heteroatoms. The van der Waals surface area contributed by atoms with Crippen LogP contribution in [0, 0.1) is 0 Å². The Hall–Kier alpha value is -2.58. The number of rotatable bonds is 45. The Morgan fingerprint density at radius 1 is 0.508 bits per heavy atom. The van der Waals surface area contributed by atoms with Crippen molar-refractivity contribution in [1.29, 1.82) is 0 Å². The van der Waals surface area contributed by atoms with Gasteiger partial charge in [-0.2, -0.15) is 0 Å². The van der Waals surface area contributed by atoms with E-state index in [2.05, 4.69) is 111 Å². The van der Waals surface area contributed by atoms with Crippen molar-refractivity contribution in [3.05, 3.63) is 97.2 Å². The highest BCUT2D eigenvalue weighted by molar-refractivity contribution is 7.47. The molecule has 0 fully saturated rings. The third kappa shape index (κ3) is 50.3. The van der Waals surface area contributed by atoms with Gasteiger partial charge in [0.1, 0.15) is 19.3 Å². The fraction of sp³-hybridized carbons (Fsp3) is 0.685. The number of unbranched alkanes of at least 4 members (excludes halogenated alkanes) is 15. The molecule has 0 heterocycles. The van der Waals surface area contributed by atoms with Gasteiger partial charge in [-0.3, -0.25) is 13.8 Å². The van der Waals surface area contributed by atoms with Crippen LogP contribution < -0.4 is 0 Å². The van der Waals surface area contributed by atoms with E-state index in [1.165, 1.54) is 77.0 Å². The van der Waals surface area contributed by atoms with Crippen molar-refractivity contribution in [2.45, 2.75) is 187 Å². The van der Waals surface area contributed by atoms with E-state index in [-0.39, 0.29) is 25.8 Å². The highest BCUT2D eigenvalue weighted by Gasteiger charge is 2.26. The molecule has 63 heavy (non-hydrogen) atoms. The maximum atomic E-state index is 12.7. The molecule has 0 radical (unpaired) electrons. The van der Waals surface area contributed by atoms with Crippen LogP contribution >= 0.6 is 7.82 Å². The molecule has 0 rings (SSSR count). The highest BCUT2D eigenvalue weighted by Crippen LogP contribution is 2.43. The van der Waals surface area contributed by atoms with Crippen molar-refractivity contribution in [2.75, 3.05) is 54.1 Å². The van der Waals surface area contributed by atoms with Gasteiger partial charge in [0.15, 0.2) is 0 Å². The van der Waals surface area contributed by atoms with Gasteiger partial charge in [0.2, 0.25) is 0 Å². The molecule has 0 saturated heterocycles. The molecule has 0 aliphatic heterocycles. The lowest BCUT2D eigenvalue weighted by Gasteiger charge is -2.24. The van der Waals surface area contributed by atoms with Crippen LogP contribution in [0.3, 0.4) is 0 Å². The zero-order valence-electron chi connectivity index (χ0n) is 41.0. The molecule has 1 N–H and O–H groups in total. The fourth-order valence-electron chi connectivity index (χ4n) is 6.29. The summed E-state index contributed by atoms with van der Waals surface area (Å²) < 4.78 is 35.0. The average Bonchev–Trinajstić information content (AvgIpc) is 3.24. The molecular weight excluding hydrogens is 806 g/mol. The minimum atomic E-state index is -4.30. The first kappa shape index (κ1) is 60.4. The fourth-order valence-corrected chi connectivity index (χ4v) is 7.03. The first-order valence-corrected chi connectivity index (χ1v) is 26.5. The third-order valence-corrected chi connectivity index (χ3v) is 11.1. The number of carbonyl (C=O) groups excluding carboxylic acids is 1. The van der Waals surface area contributed by atoms with Crippen LogP contribution in [0.25, 0.3) is 0 Å². The van der Waals surface area contributed by atoms with Gasteiger partial charge in [-0.1, -0.05) is 175 Å². The molecule has 0 amide bonds. The number of phosphoric acid groups is 1. The van der Waals surface area contributed by atoms with Gasteiger partial charge in [0, 0.05) is 13.0 Å². The molecule has 0 saturated carbocycles. The smallest absolute Gasteiger partial charge is 0.457 e. The van der Waals surface area contributed by atoms with Crippen molar-refractivity contribution in [1.82, 2.24) is 0 Å². The number of ether oxygens (including phenoxy) is 2. The maximum absolute atomic E-state index is 12.7. The van der Waals surface area contributed by atoms with Gasteiger partial charge in [-0.25, -0.2) is 4.57 Å². The summed E-state index contributed by atoms with van der Waals surface area (Å²) in [6.45, 7) is 5.37. The van der Waals surface area contributed by atoms with Crippen LogP contribution in [0.4, 0.5) is 0 Å². The lowest BCUT2D eigenvalue weighted by atomic mass is 10.1. The van der Waals surface area contributed by atoms with E-state index in [4.69, 9.17) is 18.5 Å². The SMILES string of the molecule is CC/C=C\C/C=C\C/C=C\C/C=C\C/C=C\C/C=C\C/C=C\CCCCOCC(COP(=O)(O)OCC[N+](C)(C)C)OC(=O)CCCCCCCCC/C=C\CCCCCCCC. The van der Waals surface area contributed by atoms with Crippen LogP contribution in [-0.4, -0.2) is 75.6 Å². The lowest BCUT2D eigenvalue weighted by Crippen LogP contribution is -2.37. The number of hydrogen-bond acceptors (Lipinski definition) is 6. The molecule has 0 spiro atoms. The first-order chi connectivity index (χ1) is 30.6. The summed E-state index contributed by atoms with van der Waals surface area (Å²) in [5, 5.41) is 0. The molecule has 2 unspecified atom stereocenters. The highest BCUT2D eigenvalue weighted by atomic mass is 31.2. The van der Waals surface area contributed by atoms with E-state index in [0.717, 1.165) is 83.5 Å². The van der Waals surface area contributed by atoms with Crippen molar-refractivity contribution in [3.8, 4) is 0 Å². The largest absolute Gasteiger partial charge is 0.472 e. The number of quaternary nitrogens is 1. The number of carbonyl (C=O) groups is 1. The maximum Gasteiger partial charge on any atom is 0.472 e. The number of esters is 1. The average molecular weight is 901 g/mol. The number of hydrogen-bond donors (Lipinski definition) is 1. The molecule has 0 bridgehead atoms. The second-order valence-electron chi connectivity index (χ2n) is 17.5. The minimum Gasteiger partial charge on any atom is -0.457 e. The summed E-state index contributed by atoms with van der Waals surface area (Å²) in [6.07, 6.45) is 63.1. The molecule has 362 valence electrons. The van der Waals surface area contributed by atoms with E-state index < -0.39 is 13.9 Å². The Kier molecular flexibility index (Phi) is 44.1. The van der Waals surface area contributed by atoms with Crippen molar-refractivity contribution in [3.63, 3.8) is 0 Å². The van der Waals surface area contributed by atoms with Crippen molar-refractivity contribution < 1.29 is 37.3 Å². The van der Waals surface area contributed by atoms with Gasteiger partial charge < -0.3 is 18.9 Å². The quantitative estimate of drug-likeness (QED) is 0.0214. The zero-order valence-corrected chi connectivity index (χ0v) is 41.9. The van der Waals surface area contributed by atoms with E-state index in [1.807, 2.05) is 21.1 Å². The zero-order chi connectivity index (χ0) is 46.2. The third-order valence-electron chi connectivity index (χ3n) is 10.1. The minimum absolute atomic E-state index is 0.0738. The molecule has 0 aromatic heterocycles. The standard InChI is InChI=1S/C54H94NO7P/c1-6-8-10-12-14-16-18-20-22-24-25-26-27-28-29-30-32-34-36-38-40-42-44-46-49-59-51-53(52-61-63(57,58)60-50-48-55(3,4)5)62-54(56)47-45-43-41-39-37-35-33-31-23-21-19-17-15-13-11-9-7-2/h8,10,14,16,20-23,25-26,28-29,32,34,38,40,53H,6-7,9,11-13,15,17-19,24,27,30-31,33,35-37,39,41-52H2,1-5H3/p+1/b10-8-,16-14-,22-20-,23-21-,26-25-,29-28-,34-32-,40-38-. The summed E-state index contributed by atoms with van der Waals surface area (Å²) >= 11 is 0. The van der Waals surface area contributed by atoms with Gasteiger partial charge in [-0.15, -0.1) is 0 Å². The number of likely N-dealkylation sites (N-methyl/N-ethyl adjacent to an activating group) is 1.